The lowest BCUT2D eigenvalue weighted by Crippen LogP contribution is -2.68. The molecule has 8 nitrogen and oxygen atoms in total. The molecule has 2 saturated heterocycles. The minimum Gasteiger partial charge on any atom is -0.451 e. The fourth-order valence-electron chi connectivity index (χ4n) is 4.44. The van der Waals surface area contributed by atoms with Gasteiger partial charge in [-0.25, -0.2) is 4.79 Å². The van der Waals surface area contributed by atoms with E-state index >= 15 is 0 Å². The largest absolute Gasteiger partial charge is 0.451 e. The summed E-state index contributed by atoms with van der Waals surface area (Å²) < 4.78 is 29.8. The van der Waals surface area contributed by atoms with Crippen molar-refractivity contribution < 1.29 is 33.3 Å². The lowest BCUT2D eigenvalue weighted by molar-refractivity contribution is -0.339. The molecule has 2 aliphatic heterocycles. The van der Waals surface area contributed by atoms with Crippen molar-refractivity contribution >= 4 is 11.9 Å². The Hall–Kier alpha value is -3.56. The number of hydrogen-bond donors (Lipinski definition) is 1. The highest BCUT2D eigenvalue weighted by Gasteiger charge is 2.52. The van der Waals surface area contributed by atoms with E-state index in [-0.39, 0.29) is 12.5 Å². The molecule has 8 heteroatoms. The monoisotopic (exact) mass is 489 g/mol. The minimum atomic E-state index is -0.980. The standard InChI is InChI=1S/C28H27NO7/c1-32-28-24(35-26(31)19-13-7-3-8-14-19)22(29-25(30)18-11-5-2-6-12-18)23-21(34-28)17-33-27(36-23)20-15-9-4-10-16-20/h2-16,21-24,27-28H,17H2,1H3,(H,29,30)/t21-,22+,23-,24-,27?,28+/m1/s1. The molecule has 6 atom stereocenters. The van der Waals surface area contributed by atoms with Crippen molar-refractivity contribution in [2.24, 2.45) is 0 Å². The summed E-state index contributed by atoms with van der Waals surface area (Å²) in [4.78, 5) is 26.2. The number of esters is 1. The van der Waals surface area contributed by atoms with Crippen LogP contribution in [-0.4, -0.2) is 56.2 Å². The molecule has 5 rings (SSSR count). The van der Waals surface area contributed by atoms with Crippen LogP contribution < -0.4 is 5.32 Å². The third-order valence-electron chi connectivity index (χ3n) is 6.23. The molecule has 0 bridgehead atoms. The zero-order valence-electron chi connectivity index (χ0n) is 19.7. The molecule has 0 aliphatic carbocycles. The van der Waals surface area contributed by atoms with Gasteiger partial charge >= 0.3 is 5.97 Å². The number of rotatable bonds is 6. The summed E-state index contributed by atoms with van der Waals surface area (Å²) >= 11 is 0. The minimum absolute atomic E-state index is 0.209. The van der Waals surface area contributed by atoms with Crippen LogP contribution >= 0.6 is 0 Å². The Balaban J connectivity index is 1.46. The van der Waals surface area contributed by atoms with Crippen LogP contribution in [0.2, 0.25) is 0 Å². The summed E-state index contributed by atoms with van der Waals surface area (Å²) in [7, 11) is 1.46. The van der Waals surface area contributed by atoms with Gasteiger partial charge in [-0.05, 0) is 24.3 Å². The van der Waals surface area contributed by atoms with Crippen molar-refractivity contribution in [1.29, 1.82) is 0 Å². The second kappa shape index (κ2) is 11.0. The first-order chi connectivity index (χ1) is 17.6. The van der Waals surface area contributed by atoms with E-state index in [0.29, 0.717) is 11.1 Å². The molecule has 1 N–H and O–H groups in total. The number of benzene rings is 3. The number of ether oxygens (including phenoxy) is 5. The van der Waals surface area contributed by atoms with Crippen LogP contribution in [0.25, 0.3) is 0 Å². The first kappa shape index (κ1) is 24.1. The third kappa shape index (κ3) is 5.17. The fraction of sp³-hybridized carbons (Fsp3) is 0.286. The fourth-order valence-corrected chi connectivity index (χ4v) is 4.44. The average Bonchev–Trinajstić information content (AvgIpc) is 2.95. The van der Waals surface area contributed by atoms with Crippen molar-refractivity contribution in [2.75, 3.05) is 13.7 Å². The van der Waals surface area contributed by atoms with Crippen LogP contribution in [0.15, 0.2) is 91.0 Å². The highest BCUT2D eigenvalue weighted by Crippen LogP contribution is 2.35. The Morgan fingerprint density at radius 1 is 0.833 bits per heavy atom. The van der Waals surface area contributed by atoms with E-state index < -0.39 is 42.9 Å². The Kier molecular flexibility index (Phi) is 7.39. The molecule has 3 aromatic carbocycles. The predicted molar refractivity (Wildman–Crippen MR) is 129 cm³/mol. The zero-order valence-corrected chi connectivity index (χ0v) is 19.7. The normalized spacial score (nSPS) is 27.5. The lowest BCUT2D eigenvalue weighted by Gasteiger charge is -2.48. The van der Waals surface area contributed by atoms with E-state index in [2.05, 4.69) is 5.32 Å². The first-order valence-corrected chi connectivity index (χ1v) is 11.8. The van der Waals surface area contributed by atoms with E-state index in [1.54, 1.807) is 48.5 Å². The second-order valence-corrected chi connectivity index (χ2v) is 8.56. The molecule has 3 aromatic rings. The van der Waals surface area contributed by atoms with Crippen molar-refractivity contribution in [1.82, 2.24) is 5.32 Å². The Bertz CT molecular complexity index is 1160. The SMILES string of the molecule is CO[C@H]1O[C@@H]2COC(c3ccccc3)O[C@H]2[C@H](NC(=O)c2ccccc2)[C@H]1OC(=O)c1ccccc1. The van der Waals surface area contributed by atoms with Gasteiger partial charge in [-0.3, -0.25) is 4.79 Å². The number of methoxy groups -OCH3 is 1. The van der Waals surface area contributed by atoms with Crippen LogP contribution in [-0.2, 0) is 23.7 Å². The average molecular weight is 490 g/mol. The Morgan fingerprint density at radius 2 is 1.44 bits per heavy atom. The van der Waals surface area contributed by atoms with Crippen LogP contribution in [0, 0.1) is 0 Å². The van der Waals surface area contributed by atoms with Gasteiger partial charge in [0.05, 0.1) is 12.2 Å². The zero-order chi connectivity index (χ0) is 24.9. The maximum absolute atomic E-state index is 13.2. The molecule has 2 aliphatic rings. The quantitative estimate of drug-likeness (QED) is 0.530. The van der Waals surface area contributed by atoms with E-state index in [1.165, 1.54) is 7.11 Å². The summed E-state index contributed by atoms with van der Waals surface area (Å²) in [5, 5.41) is 3.02. The number of hydrogen-bond acceptors (Lipinski definition) is 7. The lowest BCUT2D eigenvalue weighted by atomic mass is 9.94. The topological polar surface area (TPSA) is 92.3 Å². The highest BCUT2D eigenvalue weighted by molar-refractivity contribution is 5.94. The number of amides is 1. The number of nitrogens with one attached hydrogen (secondary N) is 1. The molecule has 0 aromatic heterocycles. The predicted octanol–water partition coefficient (Wildman–Crippen LogP) is 3.50. The summed E-state index contributed by atoms with van der Waals surface area (Å²) in [6.07, 6.45) is -3.82. The van der Waals surface area contributed by atoms with Crippen molar-refractivity contribution in [3.63, 3.8) is 0 Å². The van der Waals surface area contributed by atoms with Crippen LogP contribution in [0.5, 0.6) is 0 Å². The van der Waals surface area contributed by atoms with Gasteiger partial charge < -0.3 is 29.0 Å². The van der Waals surface area contributed by atoms with Crippen molar-refractivity contribution in [3.8, 4) is 0 Å². The van der Waals surface area contributed by atoms with E-state index in [4.69, 9.17) is 23.7 Å². The Morgan fingerprint density at radius 3 is 2.08 bits per heavy atom. The highest BCUT2D eigenvalue weighted by atomic mass is 16.8. The van der Waals surface area contributed by atoms with Gasteiger partial charge in [0.2, 0.25) is 0 Å². The van der Waals surface area contributed by atoms with Gasteiger partial charge in [-0.2, -0.15) is 0 Å². The second-order valence-electron chi connectivity index (χ2n) is 8.56. The van der Waals surface area contributed by atoms with E-state index in [0.717, 1.165) is 5.56 Å². The van der Waals surface area contributed by atoms with Gasteiger partial charge in [-0.15, -0.1) is 0 Å². The molecule has 1 amide bonds. The molecule has 0 spiro atoms. The molecule has 0 radical (unpaired) electrons. The van der Waals surface area contributed by atoms with Crippen LogP contribution in [0.4, 0.5) is 0 Å². The smallest absolute Gasteiger partial charge is 0.338 e. The van der Waals surface area contributed by atoms with Gasteiger partial charge in [0.25, 0.3) is 5.91 Å². The number of fused-ring (bicyclic) bond motifs is 1. The van der Waals surface area contributed by atoms with Crippen LogP contribution in [0.3, 0.4) is 0 Å². The maximum Gasteiger partial charge on any atom is 0.338 e. The number of carbonyl (C=O) groups is 2. The van der Waals surface area contributed by atoms with Crippen molar-refractivity contribution in [2.45, 2.75) is 36.9 Å². The molecule has 186 valence electrons. The summed E-state index contributed by atoms with van der Waals surface area (Å²) in [6.45, 7) is 0.209. The van der Waals surface area contributed by atoms with Gasteiger partial charge in [0.15, 0.2) is 18.7 Å². The van der Waals surface area contributed by atoms with Gasteiger partial charge in [-0.1, -0.05) is 66.7 Å². The third-order valence-corrected chi connectivity index (χ3v) is 6.23. The maximum atomic E-state index is 13.2. The van der Waals surface area contributed by atoms with Gasteiger partial charge in [0.1, 0.15) is 18.2 Å². The molecular formula is C28H27NO7. The molecule has 1 unspecified atom stereocenters. The first-order valence-electron chi connectivity index (χ1n) is 11.8. The Labute approximate surface area is 209 Å². The molecule has 2 heterocycles. The molecule has 0 saturated carbocycles. The van der Waals surface area contributed by atoms with Gasteiger partial charge in [0, 0.05) is 18.2 Å². The van der Waals surface area contributed by atoms with Crippen LogP contribution in [0.1, 0.15) is 32.6 Å². The summed E-state index contributed by atoms with van der Waals surface area (Å²) in [5.41, 5.74) is 1.67. The molecule has 2 fully saturated rings. The summed E-state index contributed by atoms with van der Waals surface area (Å²) in [6, 6.07) is 26.2. The van der Waals surface area contributed by atoms with E-state index in [1.807, 2.05) is 42.5 Å². The summed E-state index contributed by atoms with van der Waals surface area (Å²) in [5.74, 6) is -0.890. The van der Waals surface area contributed by atoms with Crippen molar-refractivity contribution in [3.05, 3.63) is 108 Å². The van der Waals surface area contributed by atoms with E-state index in [9.17, 15) is 9.59 Å². The molecule has 36 heavy (non-hydrogen) atoms. The number of carbonyl (C=O) groups excluding carboxylic acids is 2. The molecular weight excluding hydrogens is 462 g/mol.